The summed E-state index contributed by atoms with van der Waals surface area (Å²) >= 11 is 0. The van der Waals surface area contributed by atoms with Gasteiger partial charge in [-0.2, -0.15) is 0 Å². The van der Waals surface area contributed by atoms with Crippen molar-refractivity contribution in [2.75, 3.05) is 85.0 Å². The average molecular weight is 562 g/mol. The largest absolute Gasteiger partial charge is 0.465 e. The van der Waals surface area contributed by atoms with Gasteiger partial charge in [0.25, 0.3) is 5.69 Å². The lowest BCUT2D eigenvalue weighted by Gasteiger charge is -2.25. The van der Waals surface area contributed by atoms with Crippen LogP contribution in [0, 0.1) is 10.1 Å². The zero-order chi connectivity index (χ0) is 29.2. The van der Waals surface area contributed by atoms with Crippen LogP contribution >= 0.6 is 0 Å². The van der Waals surface area contributed by atoms with Crippen molar-refractivity contribution < 1.29 is 33.4 Å². The molecule has 11 nitrogen and oxygen atoms in total. The molecule has 0 radical (unpaired) electrons. The van der Waals surface area contributed by atoms with E-state index < -0.39 is 4.92 Å². The fraction of sp³-hybridized carbons (Fsp3) is 0.552. The Balaban J connectivity index is 2.16. The number of carbonyl (C=O) groups is 1. The van der Waals surface area contributed by atoms with E-state index in [4.69, 9.17) is 29.4 Å². The molecule has 1 atom stereocenters. The van der Waals surface area contributed by atoms with Crippen LogP contribution in [0.1, 0.15) is 31.2 Å². The number of rotatable bonds is 21. The highest BCUT2D eigenvalue weighted by atomic mass is 16.6. The van der Waals surface area contributed by atoms with E-state index >= 15 is 0 Å². The lowest BCUT2D eigenvalue weighted by Crippen LogP contribution is -2.31. The van der Waals surface area contributed by atoms with Crippen molar-refractivity contribution in [2.45, 2.75) is 25.7 Å². The van der Waals surface area contributed by atoms with E-state index in [1.165, 1.54) is 6.07 Å². The van der Waals surface area contributed by atoms with Crippen LogP contribution in [-0.4, -0.2) is 91.0 Å². The van der Waals surface area contributed by atoms with Gasteiger partial charge in [-0.1, -0.05) is 19.1 Å². The third-order valence-corrected chi connectivity index (χ3v) is 6.27. The summed E-state index contributed by atoms with van der Waals surface area (Å²) in [6.45, 7) is 6.87. The van der Waals surface area contributed by atoms with Gasteiger partial charge in [0, 0.05) is 57.0 Å². The Morgan fingerprint density at radius 2 is 1.52 bits per heavy atom. The zero-order valence-electron chi connectivity index (χ0n) is 23.8. The number of nitro benzene ring substituents is 1. The molecule has 0 aliphatic carbocycles. The molecule has 0 spiro atoms. The second-order valence-corrected chi connectivity index (χ2v) is 9.25. The summed E-state index contributed by atoms with van der Waals surface area (Å²) in [7, 11) is 3.28. The van der Waals surface area contributed by atoms with Gasteiger partial charge in [-0.25, -0.2) is 0 Å². The van der Waals surface area contributed by atoms with Crippen molar-refractivity contribution >= 4 is 17.3 Å². The summed E-state index contributed by atoms with van der Waals surface area (Å²) in [6.07, 6.45) is 0.769. The molecular formula is C29H43N3O8. The average Bonchev–Trinajstić information content (AvgIpc) is 2.97. The van der Waals surface area contributed by atoms with Crippen molar-refractivity contribution in [3.63, 3.8) is 0 Å². The molecule has 0 aromatic heterocycles. The zero-order valence-corrected chi connectivity index (χ0v) is 23.8. The van der Waals surface area contributed by atoms with Gasteiger partial charge in [-0.15, -0.1) is 0 Å². The predicted molar refractivity (Wildman–Crippen MR) is 154 cm³/mol. The number of hydrogen-bond donors (Lipinski definition) is 1. The number of esters is 1. The first-order chi connectivity index (χ1) is 19.4. The maximum atomic E-state index is 11.9. The summed E-state index contributed by atoms with van der Waals surface area (Å²) in [5, 5.41) is 11.7. The van der Waals surface area contributed by atoms with E-state index in [9.17, 15) is 14.9 Å². The molecule has 0 aliphatic heterocycles. The molecule has 40 heavy (non-hydrogen) atoms. The van der Waals surface area contributed by atoms with Gasteiger partial charge in [0.2, 0.25) is 0 Å². The quantitative estimate of drug-likeness (QED) is 0.104. The number of ether oxygens (including phenoxy) is 5. The van der Waals surface area contributed by atoms with Crippen molar-refractivity contribution in [1.29, 1.82) is 0 Å². The summed E-state index contributed by atoms with van der Waals surface area (Å²) in [4.78, 5) is 25.4. The highest BCUT2D eigenvalue weighted by Gasteiger charge is 2.21. The van der Waals surface area contributed by atoms with E-state index in [0.717, 1.165) is 16.8 Å². The Morgan fingerprint density at radius 3 is 2.08 bits per heavy atom. The van der Waals surface area contributed by atoms with E-state index in [0.29, 0.717) is 71.3 Å². The second kappa shape index (κ2) is 19.1. The van der Waals surface area contributed by atoms with Crippen LogP contribution in [0.25, 0.3) is 11.1 Å². The molecular weight excluding hydrogens is 518 g/mol. The van der Waals surface area contributed by atoms with Crippen LogP contribution in [-0.2, 0) is 28.5 Å². The fourth-order valence-corrected chi connectivity index (χ4v) is 3.99. The minimum atomic E-state index is -0.407. The van der Waals surface area contributed by atoms with Crippen LogP contribution in [0.2, 0.25) is 0 Å². The van der Waals surface area contributed by atoms with Crippen molar-refractivity contribution in [3.8, 4) is 11.1 Å². The second-order valence-electron chi connectivity index (χ2n) is 9.25. The van der Waals surface area contributed by atoms with Crippen molar-refractivity contribution in [3.05, 3.63) is 58.1 Å². The number of nitro groups is 1. The number of nitrogens with two attached hydrogens (primary N) is 1. The monoisotopic (exact) mass is 561 g/mol. The molecule has 11 heteroatoms. The highest BCUT2D eigenvalue weighted by Crippen LogP contribution is 2.32. The molecule has 0 aliphatic rings. The minimum absolute atomic E-state index is 0.000927. The summed E-state index contributed by atoms with van der Waals surface area (Å²) in [5.41, 5.74) is 8.72. The first-order valence-corrected chi connectivity index (χ1v) is 13.5. The number of hydrogen-bond acceptors (Lipinski definition) is 10. The van der Waals surface area contributed by atoms with Gasteiger partial charge >= 0.3 is 5.97 Å². The molecule has 2 rings (SSSR count). The molecule has 0 saturated carbocycles. The Labute approximate surface area is 236 Å². The maximum Gasteiger partial charge on any atom is 0.305 e. The van der Waals surface area contributed by atoms with E-state index in [-0.39, 0.29) is 30.6 Å². The van der Waals surface area contributed by atoms with Crippen LogP contribution in [0.15, 0.2) is 42.5 Å². The summed E-state index contributed by atoms with van der Waals surface area (Å²) in [6, 6.07) is 13.1. The van der Waals surface area contributed by atoms with Gasteiger partial charge < -0.3 is 34.3 Å². The topological polar surface area (TPSA) is 136 Å². The lowest BCUT2D eigenvalue weighted by molar-refractivity contribution is -0.385. The summed E-state index contributed by atoms with van der Waals surface area (Å²) in [5.74, 6) is -0.711. The first-order valence-electron chi connectivity index (χ1n) is 13.5. The smallest absolute Gasteiger partial charge is 0.305 e. The molecule has 1 unspecified atom stereocenters. The lowest BCUT2D eigenvalue weighted by atomic mass is 9.95. The third kappa shape index (κ3) is 11.6. The standard InChI is InChI=1S/C29H43N3O8/c1-23(22-40-29(33)5-4-12-30)27-21-25(8-11-28(27)32(34)35)24-6-9-26(10-7-24)31(13-15-38-19-17-36-2)14-16-39-20-18-37-3/h6-11,21,23H,4-5,12-20,22,30H2,1-3H3. The Hall–Kier alpha value is -3.09. The minimum Gasteiger partial charge on any atom is -0.465 e. The van der Waals surface area contributed by atoms with Crippen molar-refractivity contribution in [2.24, 2.45) is 5.73 Å². The number of carbonyl (C=O) groups excluding carboxylic acids is 1. The number of nitrogens with zero attached hydrogens (tertiary/aromatic N) is 2. The maximum absolute atomic E-state index is 11.9. The SMILES string of the molecule is COCCOCCN(CCOCCOC)c1ccc(-c2ccc([N+](=O)[O-])c(C(C)COC(=O)CCCN)c2)cc1. The molecule has 0 heterocycles. The van der Waals surface area contributed by atoms with E-state index in [1.54, 1.807) is 26.4 Å². The highest BCUT2D eigenvalue weighted by molar-refractivity contribution is 5.70. The van der Waals surface area contributed by atoms with E-state index in [2.05, 4.69) is 4.90 Å². The molecule has 222 valence electrons. The normalized spacial score (nSPS) is 11.8. The van der Waals surface area contributed by atoms with E-state index in [1.807, 2.05) is 31.2 Å². The molecule has 2 aromatic carbocycles. The van der Waals surface area contributed by atoms with Gasteiger partial charge in [0.1, 0.15) is 0 Å². The number of anilines is 1. The van der Waals surface area contributed by atoms with Gasteiger partial charge in [-0.05, 0) is 48.4 Å². The van der Waals surface area contributed by atoms with Crippen LogP contribution in [0.4, 0.5) is 11.4 Å². The molecule has 2 aromatic rings. The molecule has 0 amide bonds. The van der Waals surface area contributed by atoms with Crippen LogP contribution < -0.4 is 10.6 Å². The number of benzene rings is 2. The van der Waals surface area contributed by atoms with Crippen molar-refractivity contribution in [1.82, 2.24) is 0 Å². The Kier molecular flexibility index (Phi) is 15.8. The molecule has 2 N–H and O–H groups in total. The van der Waals surface area contributed by atoms with Gasteiger partial charge in [0.15, 0.2) is 0 Å². The molecule has 0 fully saturated rings. The fourth-order valence-electron chi connectivity index (χ4n) is 3.99. The first kappa shape index (κ1) is 33.1. The Bertz CT molecular complexity index is 1000. The summed E-state index contributed by atoms with van der Waals surface area (Å²) < 4.78 is 26.7. The molecule has 0 bridgehead atoms. The van der Waals surface area contributed by atoms with Gasteiger partial charge in [-0.3, -0.25) is 14.9 Å². The van der Waals surface area contributed by atoms with Gasteiger partial charge in [0.05, 0.1) is 51.2 Å². The third-order valence-electron chi connectivity index (χ3n) is 6.27. The Morgan fingerprint density at radius 1 is 0.925 bits per heavy atom. The molecule has 0 saturated heterocycles. The van der Waals surface area contributed by atoms with Crippen LogP contribution in [0.5, 0.6) is 0 Å². The predicted octanol–water partition coefficient (Wildman–Crippen LogP) is 3.78. The number of methoxy groups -OCH3 is 2. The van der Waals surface area contributed by atoms with Crippen LogP contribution in [0.3, 0.4) is 0 Å².